The summed E-state index contributed by atoms with van der Waals surface area (Å²) in [6, 6.07) is 4.44. The van der Waals surface area contributed by atoms with Crippen LogP contribution in [0.25, 0.3) is 0 Å². The third kappa shape index (κ3) is 4.93. The maximum Gasteiger partial charge on any atom is 0.0657 e. The minimum atomic E-state index is 0.261. The summed E-state index contributed by atoms with van der Waals surface area (Å²) >= 11 is 5.35. The Balaban J connectivity index is 1.89. The van der Waals surface area contributed by atoms with Crippen LogP contribution >= 0.6 is 34.4 Å². The first-order valence-electron chi connectivity index (χ1n) is 6.36. The fraction of sp³-hybridized carbons (Fsp3) is 0.429. The highest BCUT2D eigenvalue weighted by atomic mass is 32.2. The van der Waals surface area contributed by atoms with Crippen molar-refractivity contribution in [1.29, 1.82) is 0 Å². The van der Waals surface area contributed by atoms with Gasteiger partial charge in [-0.3, -0.25) is 0 Å². The van der Waals surface area contributed by atoms with Crippen LogP contribution in [0, 0.1) is 0 Å². The zero-order chi connectivity index (χ0) is 13.5. The van der Waals surface area contributed by atoms with Crippen LogP contribution in [0.2, 0.25) is 0 Å². The highest BCUT2D eigenvalue weighted by Gasteiger charge is 2.05. The third-order valence-corrected chi connectivity index (χ3v) is 5.96. The molecular formula is C14H18O2S3. The quantitative estimate of drug-likeness (QED) is 0.778. The lowest BCUT2D eigenvalue weighted by Crippen LogP contribution is -1.86. The molecule has 0 saturated carbocycles. The van der Waals surface area contributed by atoms with Crippen LogP contribution in [0.3, 0.4) is 0 Å². The van der Waals surface area contributed by atoms with E-state index in [1.807, 2.05) is 11.8 Å². The van der Waals surface area contributed by atoms with E-state index in [4.69, 9.17) is 10.2 Å². The molecular weight excluding hydrogens is 296 g/mol. The molecule has 0 bridgehead atoms. The first-order chi connectivity index (χ1) is 9.31. The first kappa shape index (κ1) is 15.1. The van der Waals surface area contributed by atoms with Crippen molar-refractivity contribution < 1.29 is 10.2 Å². The van der Waals surface area contributed by atoms with Gasteiger partial charge in [0.15, 0.2) is 0 Å². The Morgan fingerprint density at radius 1 is 0.842 bits per heavy atom. The van der Waals surface area contributed by atoms with Crippen molar-refractivity contribution in [1.82, 2.24) is 0 Å². The molecule has 2 heterocycles. The highest BCUT2D eigenvalue weighted by Crippen LogP contribution is 2.37. The molecule has 0 spiro atoms. The molecule has 2 N–H and O–H groups in total. The van der Waals surface area contributed by atoms with Crippen molar-refractivity contribution in [3.05, 3.63) is 34.0 Å². The second-order valence-electron chi connectivity index (χ2n) is 4.30. The van der Waals surface area contributed by atoms with Gasteiger partial charge >= 0.3 is 0 Å². The Bertz CT molecular complexity index is 446. The Morgan fingerprint density at radius 3 is 1.74 bits per heavy atom. The fourth-order valence-electron chi connectivity index (χ4n) is 1.74. The van der Waals surface area contributed by atoms with Crippen molar-refractivity contribution in [2.75, 3.05) is 13.2 Å². The topological polar surface area (TPSA) is 40.5 Å². The van der Waals surface area contributed by atoms with Gasteiger partial charge in [0.1, 0.15) is 0 Å². The van der Waals surface area contributed by atoms with Gasteiger partial charge in [-0.2, -0.15) is 0 Å². The maximum absolute atomic E-state index is 8.83. The van der Waals surface area contributed by atoms with E-state index >= 15 is 0 Å². The minimum absolute atomic E-state index is 0.261. The molecule has 0 amide bonds. The van der Waals surface area contributed by atoms with Crippen LogP contribution in [0.15, 0.2) is 31.3 Å². The van der Waals surface area contributed by atoms with Crippen LogP contribution in [-0.2, 0) is 12.8 Å². The standard InChI is InChI=1S/C14H18O2S3/c15-5-1-3-11-7-13(17-9-11)19-14-8-12(10-18-14)4-2-6-16/h7-10,15-16H,1-6H2. The zero-order valence-corrected chi connectivity index (χ0v) is 13.1. The molecule has 0 aliphatic carbocycles. The molecule has 19 heavy (non-hydrogen) atoms. The number of aryl methyl sites for hydroxylation is 2. The Hall–Kier alpha value is -0.330. The fourth-order valence-corrected chi connectivity index (χ4v) is 5.08. The molecule has 2 aromatic heterocycles. The lowest BCUT2D eigenvalue weighted by molar-refractivity contribution is 0.288. The van der Waals surface area contributed by atoms with E-state index in [1.165, 1.54) is 19.5 Å². The highest BCUT2D eigenvalue weighted by molar-refractivity contribution is 8.02. The molecule has 0 unspecified atom stereocenters. The van der Waals surface area contributed by atoms with Gasteiger partial charge < -0.3 is 10.2 Å². The smallest absolute Gasteiger partial charge is 0.0657 e. The molecule has 0 radical (unpaired) electrons. The third-order valence-electron chi connectivity index (χ3n) is 2.71. The summed E-state index contributed by atoms with van der Waals surface area (Å²) < 4.78 is 2.62. The van der Waals surface area contributed by atoms with Crippen molar-refractivity contribution in [2.24, 2.45) is 0 Å². The van der Waals surface area contributed by atoms with E-state index in [9.17, 15) is 0 Å². The van der Waals surface area contributed by atoms with E-state index in [2.05, 4.69) is 22.9 Å². The van der Waals surface area contributed by atoms with Crippen LogP contribution in [0.1, 0.15) is 24.0 Å². The van der Waals surface area contributed by atoms with Gasteiger partial charge in [-0.1, -0.05) is 11.8 Å². The molecule has 0 aromatic carbocycles. The van der Waals surface area contributed by atoms with E-state index < -0.39 is 0 Å². The Kier molecular flexibility index (Phi) is 6.40. The molecule has 0 atom stereocenters. The normalized spacial score (nSPS) is 11.1. The van der Waals surface area contributed by atoms with E-state index in [1.54, 1.807) is 22.7 Å². The van der Waals surface area contributed by atoms with E-state index in [0.29, 0.717) is 0 Å². The molecule has 0 fully saturated rings. The molecule has 0 saturated heterocycles. The molecule has 104 valence electrons. The molecule has 2 aromatic rings. The van der Waals surface area contributed by atoms with Crippen molar-refractivity contribution in [3.63, 3.8) is 0 Å². The molecule has 2 rings (SSSR count). The van der Waals surface area contributed by atoms with Gasteiger partial charge in [-0.05, 0) is 59.7 Å². The number of thiophene rings is 2. The van der Waals surface area contributed by atoms with E-state index in [0.717, 1.165) is 25.7 Å². The van der Waals surface area contributed by atoms with Gasteiger partial charge in [0.05, 0.1) is 8.42 Å². The monoisotopic (exact) mass is 314 g/mol. The predicted molar refractivity (Wildman–Crippen MR) is 83.6 cm³/mol. The zero-order valence-electron chi connectivity index (χ0n) is 10.7. The van der Waals surface area contributed by atoms with E-state index in [-0.39, 0.29) is 13.2 Å². The van der Waals surface area contributed by atoms with Crippen LogP contribution in [-0.4, -0.2) is 23.4 Å². The predicted octanol–water partition coefficient (Wildman–Crippen LogP) is 3.81. The van der Waals surface area contributed by atoms with Crippen molar-refractivity contribution >= 4 is 34.4 Å². The summed E-state index contributed by atoms with van der Waals surface area (Å²) in [5.74, 6) is 0. The number of hydrogen-bond donors (Lipinski definition) is 2. The maximum atomic E-state index is 8.83. The van der Waals surface area contributed by atoms with Gasteiger partial charge in [0, 0.05) is 13.2 Å². The van der Waals surface area contributed by atoms with Crippen LogP contribution in [0.4, 0.5) is 0 Å². The number of aliphatic hydroxyl groups excluding tert-OH is 2. The lowest BCUT2D eigenvalue weighted by atomic mass is 10.2. The largest absolute Gasteiger partial charge is 0.396 e. The SMILES string of the molecule is OCCCc1csc(Sc2cc(CCCO)cs2)c1. The molecule has 2 nitrogen and oxygen atoms in total. The summed E-state index contributed by atoms with van der Waals surface area (Å²) in [7, 11) is 0. The lowest BCUT2D eigenvalue weighted by Gasteiger charge is -1.94. The van der Waals surface area contributed by atoms with Gasteiger partial charge in [0.2, 0.25) is 0 Å². The van der Waals surface area contributed by atoms with Crippen LogP contribution < -0.4 is 0 Å². The Labute approximate surface area is 126 Å². The van der Waals surface area contributed by atoms with Gasteiger partial charge in [-0.15, -0.1) is 22.7 Å². The number of hydrogen-bond acceptors (Lipinski definition) is 5. The molecule has 0 aliphatic rings. The minimum Gasteiger partial charge on any atom is -0.396 e. The summed E-state index contributed by atoms with van der Waals surface area (Å²) in [5, 5.41) is 22.0. The summed E-state index contributed by atoms with van der Waals surface area (Å²) in [5.41, 5.74) is 2.64. The van der Waals surface area contributed by atoms with Gasteiger partial charge in [-0.25, -0.2) is 0 Å². The number of rotatable bonds is 8. The number of aliphatic hydroxyl groups is 2. The van der Waals surface area contributed by atoms with Gasteiger partial charge in [0.25, 0.3) is 0 Å². The second kappa shape index (κ2) is 8.07. The Morgan fingerprint density at radius 2 is 1.32 bits per heavy atom. The average molecular weight is 314 g/mol. The summed E-state index contributed by atoms with van der Waals surface area (Å²) in [6.07, 6.45) is 3.59. The van der Waals surface area contributed by atoms with Crippen molar-refractivity contribution in [2.45, 2.75) is 34.1 Å². The summed E-state index contributed by atoms with van der Waals surface area (Å²) in [4.78, 5) is 0. The summed E-state index contributed by atoms with van der Waals surface area (Å²) in [6.45, 7) is 0.523. The molecule has 0 aliphatic heterocycles. The first-order valence-corrected chi connectivity index (χ1v) is 8.94. The van der Waals surface area contributed by atoms with Crippen LogP contribution in [0.5, 0.6) is 0 Å². The second-order valence-corrected chi connectivity index (χ2v) is 7.73. The van der Waals surface area contributed by atoms with Crippen molar-refractivity contribution in [3.8, 4) is 0 Å². The average Bonchev–Trinajstić information content (AvgIpc) is 3.04. The molecule has 5 heteroatoms.